The highest BCUT2D eigenvalue weighted by atomic mass is 19.1. The van der Waals surface area contributed by atoms with Gasteiger partial charge in [0.25, 0.3) is 0 Å². The number of halogens is 2. The zero-order chi connectivity index (χ0) is 9.64. The summed E-state index contributed by atoms with van der Waals surface area (Å²) in [4.78, 5) is 0. The van der Waals surface area contributed by atoms with Gasteiger partial charge in [-0.2, -0.15) is 0 Å². The maximum atomic E-state index is 13.3. The van der Waals surface area contributed by atoms with Crippen LogP contribution in [0.2, 0.25) is 0 Å². The van der Waals surface area contributed by atoms with Crippen molar-refractivity contribution in [1.82, 2.24) is 0 Å². The fraction of sp³-hybridized carbons (Fsp3) is 0.400. The highest BCUT2D eigenvalue weighted by Crippen LogP contribution is 2.44. The maximum Gasteiger partial charge on any atom is 0.128 e. The van der Waals surface area contributed by atoms with Gasteiger partial charge in [0.2, 0.25) is 0 Å². The SMILES string of the molecule is Cc1cc(F)c(C2(N)CC2)cc1F. The Morgan fingerprint density at radius 3 is 2.38 bits per heavy atom. The van der Waals surface area contributed by atoms with Gasteiger partial charge in [-0.05, 0) is 37.5 Å². The minimum absolute atomic E-state index is 0.315. The zero-order valence-electron chi connectivity index (χ0n) is 7.40. The summed E-state index contributed by atoms with van der Waals surface area (Å²) in [5, 5.41) is 0. The van der Waals surface area contributed by atoms with Crippen molar-refractivity contribution in [3.8, 4) is 0 Å². The first-order valence-electron chi connectivity index (χ1n) is 4.28. The first kappa shape index (κ1) is 8.63. The molecule has 0 unspecified atom stereocenters. The quantitative estimate of drug-likeness (QED) is 0.709. The Bertz CT molecular complexity index is 356. The molecule has 0 amide bonds. The van der Waals surface area contributed by atoms with E-state index in [-0.39, 0.29) is 11.6 Å². The Morgan fingerprint density at radius 2 is 1.85 bits per heavy atom. The van der Waals surface area contributed by atoms with Crippen LogP contribution in [0.5, 0.6) is 0 Å². The summed E-state index contributed by atoms with van der Waals surface area (Å²) in [6.07, 6.45) is 1.48. The highest BCUT2D eigenvalue weighted by molar-refractivity contribution is 5.34. The van der Waals surface area contributed by atoms with Crippen molar-refractivity contribution in [2.24, 2.45) is 5.73 Å². The van der Waals surface area contributed by atoms with Gasteiger partial charge >= 0.3 is 0 Å². The van der Waals surface area contributed by atoms with Crippen molar-refractivity contribution in [3.63, 3.8) is 0 Å². The van der Waals surface area contributed by atoms with E-state index in [4.69, 9.17) is 5.73 Å². The molecule has 70 valence electrons. The molecular weight excluding hydrogens is 172 g/mol. The molecular formula is C10H11F2N. The van der Waals surface area contributed by atoms with E-state index in [0.717, 1.165) is 12.8 Å². The summed E-state index contributed by atoms with van der Waals surface area (Å²) in [5.41, 5.74) is 5.82. The Hall–Kier alpha value is -0.960. The van der Waals surface area contributed by atoms with Crippen molar-refractivity contribution >= 4 is 0 Å². The molecule has 0 bridgehead atoms. The van der Waals surface area contributed by atoms with Gasteiger partial charge in [-0.25, -0.2) is 8.78 Å². The van der Waals surface area contributed by atoms with Crippen LogP contribution in [0, 0.1) is 18.6 Å². The van der Waals surface area contributed by atoms with E-state index in [9.17, 15) is 8.78 Å². The molecule has 0 aromatic heterocycles. The van der Waals surface area contributed by atoms with Crippen LogP contribution in [0.3, 0.4) is 0 Å². The standard InChI is InChI=1S/C10H11F2N/c1-6-4-9(12)7(5-8(6)11)10(13)2-3-10/h4-5H,2-3,13H2,1H3. The molecule has 3 heteroatoms. The smallest absolute Gasteiger partial charge is 0.128 e. The van der Waals surface area contributed by atoms with Crippen LogP contribution >= 0.6 is 0 Å². The first-order valence-corrected chi connectivity index (χ1v) is 4.28. The molecule has 2 rings (SSSR count). The number of benzene rings is 1. The average molecular weight is 183 g/mol. The van der Waals surface area contributed by atoms with Gasteiger partial charge < -0.3 is 5.73 Å². The number of nitrogens with two attached hydrogens (primary N) is 1. The molecule has 0 atom stereocenters. The summed E-state index contributed by atoms with van der Waals surface area (Å²) < 4.78 is 26.4. The average Bonchev–Trinajstić information content (AvgIpc) is 2.77. The van der Waals surface area contributed by atoms with Gasteiger partial charge in [-0.3, -0.25) is 0 Å². The summed E-state index contributed by atoms with van der Waals surface area (Å²) >= 11 is 0. The Balaban J connectivity index is 2.52. The lowest BCUT2D eigenvalue weighted by atomic mass is 10.0. The van der Waals surface area contributed by atoms with E-state index >= 15 is 0 Å². The van der Waals surface area contributed by atoms with Gasteiger partial charge in [0.05, 0.1) is 0 Å². The Morgan fingerprint density at radius 1 is 1.23 bits per heavy atom. The van der Waals surface area contributed by atoms with Crippen molar-refractivity contribution < 1.29 is 8.78 Å². The van der Waals surface area contributed by atoms with Crippen LogP contribution < -0.4 is 5.73 Å². The molecule has 0 radical (unpaired) electrons. The van der Waals surface area contributed by atoms with Gasteiger partial charge in [0.15, 0.2) is 0 Å². The van der Waals surface area contributed by atoms with E-state index in [1.54, 1.807) is 0 Å². The summed E-state index contributed by atoms with van der Waals surface area (Å²) in [7, 11) is 0. The van der Waals surface area contributed by atoms with Crippen LogP contribution in [0.15, 0.2) is 12.1 Å². The predicted octanol–water partition coefficient (Wildman–Crippen LogP) is 2.22. The van der Waals surface area contributed by atoms with E-state index in [1.807, 2.05) is 0 Å². The van der Waals surface area contributed by atoms with Gasteiger partial charge in [-0.1, -0.05) is 0 Å². The van der Waals surface area contributed by atoms with Gasteiger partial charge in [0, 0.05) is 11.1 Å². The predicted molar refractivity (Wildman–Crippen MR) is 46.2 cm³/mol. The minimum Gasteiger partial charge on any atom is -0.321 e. The second kappa shape index (κ2) is 2.51. The molecule has 1 aromatic carbocycles. The largest absolute Gasteiger partial charge is 0.321 e. The van der Waals surface area contributed by atoms with Crippen molar-refractivity contribution in [1.29, 1.82) is 0 Å². The van der Waals surface area contributed by atoms with Crippen LogP contribution in [0.1, 0.15) is 24.0 Å². The lowest BCUT2D eigenvalue weighted by Crippen LogP contribution is -2.20. The lowest BCUT2D eigenvalue weighted by Gasteiger charge is -2.11. The van der Waals surface area contributed by atoms with Crippen molar-refractivity contribution in [2.75, 3.05) is 0 Å². The van der Waals surface area contributed by atoms with Crippen molar-refractivity contribution in [2.45, 2.75) is 25.3 Å². The van der Waals surface area contributed by atoms with E-state index in [1.165, 1.54) is 19.1 Å². The molecule has 0 spiro atoms. The van der Waals surface area contributed by atoms with E-state index in [2.05, 4.69) is 0 Å². The number of rotatable bonds is 1. The zero-order valence-corrected chi connectivity index (χ0v) is 7.40. The van der Waals surface area contributed by atoms with E-state index in [0.29, 0.717) is 11.1 Å². The number of hydrogen-bond acceptors (Lipinski definition) is 1. The molecule has 1 fully saturated rings. The summed E-state index contributed by atoms with van der Waals surface area (Å²) in [5.74, 6) is -0.771. The fourth-order valence-electron chi connectivity index (χ4n) is 1.43. The maximum absolute atomic E-state index is 13.3. The normalized spacial score (nSPS) is 18.8. The number of hydrogen-bond donors (Lipinski definition) is 1. The summed E-state index contributed by atoms with van der Waals surface area (Å²) in [6, 6.07) is 2.43. The third kappa shape index (κ3) is 1.33. The monoisotopic (exact) mass is 183 g/mol. The molecule has 1 saturated carbocycles. The Labute approximate surface area is 75.6 Å². The molecule has 1 aromatic rings. The second-order valence-corrected chi connectivity index (χ2v) is 3.74. The molecule has 2 N–H and O–H groups in total. The van der Waals surface area contributed by atoms with E-state index < -0.39 is 5.54 Å². The first-order chi connectivity index (χ1) is 6.03. The lowest BCUT2D eigenvalue weighted by molar-refractivity contribution is 0.554. The van der Waals surface area contributed by atoms with Gasteiger partial charge in [-0.15, -0.1) is 0 Å². The Kier molecular flexibility index (Phi) is 1.67. The fourth-order valence-corrected chi connectivity index (χ4v) is 1.43. The third-order valence-electron chi connectivity index (χ3n) is 2.57. The van der Waals surface area contributed by atoms with Crippen LogP contribution in [0.25, 0.3) is 0 Å². The highest BCUT2D eigenvalue weighted by Gasteiger charge is 2.42. The third-order valence-corrected chi connectivity index (χ3v) is 2.57. The topological polar surface area (TPSA) is 26.0 Å². The second-order valence-electron chi connectivity index (χ2n) is 3.74. The minimum atomic E-state index is -0.599. The molecule has 13 heavy (non-hydrogen) atoms. The van der Waals surface area contributed by atoms with Crippen LogP contribution in [0.4, 0.5) is 8.78 Å². The molecule has 0 aliphatic heterocycles. The molecule has 0 heterocycles. The summed E-state index contributed by atoms with van der Waals surface area (Å²) in [6.45, 7) is 1.54. The van der Waals surface area contributed by atoms with Crippen molar-refractivity contribution in [3.05, 3.63) is 34.9 Å². The van der Waals surface area contributed by atoms with Gasteiger partial charge in [0.1, 0.15) is 11.6 Å². The molecule has 0 saturated heterocycles. The number of aryl methyl sites for hydroxylation is 1. The van der Waals surface area contributed by atoms with Crippen LogP contribution in [-0.4, -0.2) is 0 Å². The van der Waals surface area contributed by atoms with Crippen LogP contribution in [-0.2, 0) is 5.54 Å². The molecule has 1 nitrogen and oxygen atoms in total. The molecule has 1 aliphatic carbocycles. The molecule has 1 aliphatic rings.